The number of likely N-dealkylation sites (N-methyl/N-ethyl adjacent to an activating group) is 1. The van der Waals surface area contributed by atoms with Gasteiger partial charge in [-0.3, -0.25) is 4.79 Å². The third kappa shape index (κ3) is 4.62. The minimum absolute atomic E-state index is 0. The molecule has 0 aromatic rings. The van der Waals surface area contributed by atoms with Gasteiger partial charge in [-0.25, -0.2) is 0 Å². The molecule has 0 radical (unpaired) electrons. The summed E-state index contributed by atoms with van der Waals surface area (Å²) in [5.41, 5.74) is 0. The van der Waals surface area contributed by atoms with Crippen LogP contribution >= 0.6 is 12.4 Å². The first-order chi connectivity index (χ1) is 8.68. The zero-order valence-electron chi connectivity index (χ0n) is 12.1. The van der Waals surface area contributed by atoms with Gasteiger partial charge in [-0.1, -0.05) is 19.3 Å². The van der Waals surface area contributed by atoms with Crippen LogP contribution in [0.5, 0.6) is 0 Å². The molecule has 1 aliphatic carbocycles. The van der Waals surface area contributed by atoms with E-state index in [1.807, 2.05) is 18.9 Å². The fourth-order valence-corrected chi connectivity index (χ4v) is 3.09. The summed E-state index contributed by atoms with van der Waals surface area (Å²) in [7, 11) is 1.93. The Balaban J connectivity index is 0.00000180. The summed E-state index contributed by atoms with van der Waals surface area (Å²) < 4.78 is 5.54. The molecule has 112 valence electrons. The first-order valence-corrected chi connectivity index (χ1v) is 7.28. The van der Waals surface area contributed by atoms with Crippen LogP contribution in [0.3, 0.4) is 0 Å². The van der Waals surface area contributed by atoms with Crippen molar-refractivity contribution in [1.29, 1.82) is 0 Å². The van der Waals surface area contributed by atoms with Gasteiger partial charge in [0.2, 0.25) is 5.91 Å². The minimum atomic E-state index is -0.160. The monoisotopic (exact) mass is 290 g/mol. The van der Waals surface area contributed by atoms with Crippen molar-refractivity contribution in [2.24, 2.45) is 5.92 Å². The van der Waals surface area contributed by atoms with Crippen molar-refractivity contribution >= 4 is 18.3 Å². The van der Waals surface area contributed by atoms with Crippen molar-refractivity contribution in [3.05, 3.63) is 0 Å². The Kier molecular flexibility index (Phi) is 7.11. The summed E-state index contributed by atoms with van der Waals surface area (Å²) in [6.45, 7) is 4.36. The molecule has 2 rings (SSSR count). The molecule has 1 saturated heterocycles. The highest BCUT2D eigenvalue weighted by Gasteiger charge is 2.31. The number of carbonyl (C=O) groups is 1. The Bertz CT molecular complexity index is 283. The maximum absolute atomic E-state index is 12.4. The summed E-state index contributed by atoms with van der Waals surface area (Å²) >= 11 is 0. The SMILES string of the molecule is C[C@H]1OCCN[C@@H]1C(=O)N(C)CC1CCCCC1.Cl. The van der Waals surface area contributed by atoms with Crippen LogP contribution < -0.4 is 5.32 Å². The third-order valence-electron chi connectivity index (χ3n) is 4.22. The molecule has 2 aliphatic rings. The molecule has 2 atom stereocenters. The van der Waals surface area contributed by atoms with Crippen molar-refractivity contribution in [2.75, 3.05) is 26.7 Å². The van der Waals surface area contributed by atoms with Crippen LogP contribution in [0.15, 0.2) is 0 Å². The Hall–Kier alpha value is -0.320. The topological polar surface area (TPSA) is 41.6 Å². The van der Waals surface area contributed by atoms with E-state index in [1.54, 1.807) is 0 Å². The average molecular weight is 291 g/mol. The van der Waals surface area contributed by atoms with Crippen molar-refractivity contribution in [3.63, 3.8) is 0 Å². The van der Waals surface area contributed by atoms with E-state index in [0.29, 0.717) is 12.5 Å². The molecule has 1 N–H and O–H groups in total. The minimum Gasteiger partial charge on any atom is -0.375 e. The molecular weight excluding hydrogens is 264 g/mol. The summed E-state index contributed by atoms with van der Waals surface area (Å²) in [6, 6.07) is -0.160. The lowest BCUT2D eigenvalue weighted by Crippen LogP contribution is -2.56. The van der Waals surface area contributed by atoms with Crippen LogP contribution in [-0.4, -0.2) is 49.7 Å². The highest BCUT2D eigenvalue weighted by atomic mass is 35.5. The molecule has 1 amide bonds. The standard InChI is InChI=1S/C14H26N2O2.ClH/c1-11-13(15-8-9-18-11)14(17)16(2)10-12-6-4-3-5-7-12;/h11-13,15H,3-10H2,1-2H3;1H/t11-,13+;/m1./s1. The second kappa shape index (κ2) is 8.08. The molecular formula is C14H27ClN2O2. The molecule has 19 heavy (non-hydrogen) atoms. The Labute approximate surface area is 122 Å². The second-order valence-electron chi connectivity index (χ2n) is 5.73. The molecule has 5 heteroatoms. The second-order valence-corrected chi connectivity index (χ2v) is 5.73. The van der Waals surface area contributed by atoms with Gasteiger partial charge in [-0.15, -0.1) is 12.4 Å². The van der Waals surface area contributed by atoms with E-state index in [4.69, 9.17) is 4.74 Å². The van der Waals surface area contributed by atoms with E-state index < -0.39 is 0 Å². The first-order valence-electron chi connectivity index (χ1n) is 7.28. The third-order valence-corrected chi connectivity index (χ3v) is 4.22. The molecule has 1 heterocycles. The number of hydrogen-bond acceptors (Lipinski definition) is 3. The van der Waals surface area contributed by atoms with Crippen LogP contribution in [0.2, 0.25) is 0 Å². The van der Waals surface area contributed by atoms with Crippen molar-refractivity contribution in [3.8, 4) is 0 Å². The van der Waals surface area contributed by atoms with Gasteiger partial charge in [0.15, 0.2) is 0 Å². The molecule has 2 fully saturated rings. The highest BCUT2D eigenvalue weighted by molar-refractivity contribution is 5.85. The van der Waals surface area contributed by atoms with Crippen LogP contribution in [-0.2, 0) is 9.53 Å². The molecule has 1 saturated carbocycles. The summed E-state index contributed by atoms with van der Waals surface area (Å²) in [4.78, 5) is 14.3. The van der Waals surface area contributed by atoms with Gasteiger partial charge in [0, 0.05) is 20.1 Å². The van der Waals surface area contributed by atoms with Crippen molar-refractivity contribution < 1.29 is 9.53 Å². The molecule has 0 aromatic heterocycles. The molecule has 0 spiro atoms. The number of ether oxygens (including phenoxy) is 1. The quantitative estimate of drug-likeness (QED) is 0.862. The van der Waals surface area contributed by atoms with Crippen molar-refractivity contribution in [1.82, 2.24) is 10.2 Å². The molecule has 0 aromatic carbocycles. The number of carbonyl (C=O) groups excluding carboxylic acids is 1. The van der Waals surface area contributed by atoms with Gasteiger partial charge >= 0.3 is 0 Å². The van der Waals surface area contributed by atoms with Gasteiger partial charge in [0.1, 0.15) is 6.04 Å². The van der Waals surface area contributed by atoms with E-state index in [0.717, 1.165) is 13.1 Å². The van der Waals surface area contributed by atoms with E-state index in [2.05, 4.69) is 5.32 Å². The van der Waals surface area contributed by atoms with Crippen LogP contribution in [0.4, 0.5) is 0 Å². The van der Waals surface area contributed by atoms with Crippen LogP contribution in [0, 0.1) is 5.92 Å². The smallest absolute Gasteiger partial charge is 0.242 e. The van der Waals surface area contributed by atoms with Gasteiger partial charge in [0.25, 0.3) is 0 Å². The number of nitrogens with one attached hydrogen (secondary N) is 1. The number of morpholine rings is 1. The average Bonchev–Trinajstić information content (AvgIpc) is 2.39. The lowest BCUT2D eigenvalue weighted by molar-refractivity contribution is -0.138. The van der Waals surface area contributed by atoms with Gasteiger partial charge in [-0.05, 0) is 25.7 Å². The zero-order valence-corrected chi connectivity index (χ0v) is 12.9. The number of rotatable bonds is 3. The maximum atomic E-state index is 12.4. The lowest BCUT2D eigenvalue weighted by atomic mass is 9.89. The Morgan fingerprint density at radius 3 is 2.63 bits per heavy atom. The zero-order chi connectivity index (χ0) is 13.0. The number of halogens is 1. The predicted octanol–water partition coefficient (Wildman–Crippen LogP) is 1.82. The molecule has 1 aliphatic heterocycles. The van der Waals surface area contributed by atoms with E-state index in [1.165, 1.54) is 32.1 Å². The predicted molar refractivity (Wildman–Crippen MR) is 78.7 cm³/mol. The summed E-state index contributed by atoms with van der Waals surface area (Å²) in [5, 5.41) is 3.27. The molecule has 0 unspecified atom stereocenters. The van der Waals surface area contributed by atoms with E-state index in [-0.39, 0.29) is 30.5 Å². The van der Waals surface area contributed by atoms with Crippen molar-refractivity contribution in [2.45, 2.75) is 51.2 Å². The van der Waals surface area contributed by atoms with E-state index in [9.17, 15) is 4.79 Å². The Morgan fingerprint density at radius 1 is 1.32 bits per heavy atom. The van der Waals surface area contributed by atoms with E-state index >= 15 is 0 Å². The van der Waals surface area contributed by atoms with Gasteiger partial charge in [-0.2, -0.15) is 0 Å². The normalized spacial score (nSPS) is 28.5. The highest BCUT2D eigenvalue weighted by Crippen LogP contribution is 2.24. The number of nitrogens with zero attached hydrogens (tertiary/aromatic N) is 1. The van der Waals surface area contributed by atoms with Crippen LogP contribution in [0.25, 0.3) is 0 Å². The Morgan fingerprint density at radius 2 is 2.00 bits per heavy atom. The summed E-state index contributed by atoms with van der Waals surface area (Å²) in [6.07, 6.45) is 6.56. The maximum Gasteiger partial charge on any atom is 0.242 e. The molecule has 4 nitrogen and oxygen atoms in total. The van der Waals surface area contributed by atoms with Gasteiger partial charge in [0.05, 0.1) is 12.7 Å². The molecule has 0 bridgehead atoms. The first kappa shape index (κ1) is 16.7. The summed E-state index contributed by atoms with van der Waals surface area (Å²) in [5.74, 6) is 0.889. The van der Waals surface area contributed by atoms with Crippen LogP contribution in [0.1, 0.15) is 39.0 Å². The number of amides is 1. The largest absolute Gasteiger partial charge is 0.375 e. The fourth-order valence-electron chi connectivity index (χ4n) is 3.09. The number of hydrogen-bond donors (Lipinski definition) is 1. The lowest BCUT2D eigenvalue weighted by Gasteiger charge is -2.34. The fraction of sp³-hybridized carbons (Fsp3) is 0.929. The van der Waals surface area contributed by atoms with Gasteiger partial charge < -0.3 is 15.0 Å².